The van der Waals surface area contributed by atoms with Crippen LogP contribution in [0.3, 0.4) is 0 Å². The third-order valence-electron chi connectivity index (χ3n) is 11.7. The normalized spacial score (nSPS) is 11.7. The van der Waals surface area contributed by atoms with Crippen LogP contribution < -0.4 is 0 Å². The van der Waals surface area contributed by atoms with E-state index in [1.807, 2.05) is 95.6 Å². The van der Waals surface area contributed by atoms with Gasteiger partial charge in [-0.2, -0.15) is 23.7 Å². The number of rotatable bonds is 5. The zero-order valence-electron chi connectivity index (χ0n) is 32.5. The van der Waals surface area contributed by atoms with E-state index in [0.717, 1.165) is 89.1 Å². The summed E-state index contributed by atoms with van der Waals surface area (Å²) in [6.07, 6.45) is -4.71. The third kappa shape index (κ3) is 5.74. The number of benzene rings is 8. The SMILES string of the molecule is Cc1ccccc1-c1ccc2c(c1)c1ccccc1n2-c1ccc(-c2cc(C#N)cc(C(F)(F)F)c2)c(-n2c3ccccc3c3cc(-c4ccccc4C)ccc32)c1C#N. The molecular weight excluding hydrogens is 750 g/mol. The van der Waals surface area contributed by atoms with E-state index in [4.69, 9.17) is 0 Å². The van der Waals surface area contributed by atoms with Crippen molar-refractivity contribution in [3.05, 3.63) is 192 Å². The second-order valence-corrected chi connectivity index (χ2v) is 15.2. The highest BCUT2D eigenvalue weighted by Crippen LogP contribution is 2.44. The lowest BCUT2D eigenvalue weighted by Gasteiger charge is -2.21. The van der Waals surface area contributed by atoms with Crippen molar-refractivity contribution in [3.8, 4) is 56.9 Å². The van der Waals surface area contributed by atoms with Crippen molar-refractivity contribution in [2.45, 2.75) is 20.0 Å². The molecule has 286 valence electrons. The molecule has 8 aromatic carbocycles. The molecule has 0 aliphatic rings. The van der Waals surface area contributed by atoms with Crippen LogP contribution >= 0.6 is 0 Å². The standard InChI is InChI=1S/C53H33F3N4/c1-32-11-3-5-13-39(32)35-19-22-49-44(28-35)42-15-7-9-17-47(42)59(49)51-24-21-41(37-25-34(30-57)26-38(27-37)53(54,55)56)52(46(51)31-58)60-48-18-10-8-16-43(48)45-29-36(20-23-50(45)60)40-14-6-4-12-33(40)2/h3-29H,1-2H3. The summed E-state index contributed by atoms with van der Waals surface area (Å²) in [5.41, 5.74) is 10.6. The van der Waals surface area contributed by atoms with Gasteiger partial charge in [-0.05, 0) is 113 Å². The van der Waals surface area contributed by atoms with Gasteiger partial charge >= 0.3 is 6.18 Å². The van der Waals surface area contributed by atoms with Gasteiger partial charge in [-0.3, -0.25) is 0 Å². The fraction of sp³-hybridized carbons (Fsp3) is 0.0566. The molecule has 7 heteroatoms. The highest BCUT2D eigenvalue weighted by atomic mass is 19.4. The molecule has 0 bridgehead atoms. The highest BCUT2D eigenvalue weighted by molar-refractivity contribution is 6.13. The second kappa shape index (κ2) is 13.9. The maximum Gasteiger partial charge on any atom is 0.416 e. The number of aryl methyl sites for hydroxylation is 2. The number of aromatic nitrogens is 2. The summed E-state index contributed by atoms with van der Waals surface area (Å²) >= 11 is 0. The average Bonchev–Trinajstić information content (AvgIpc) is 3.77. The van der Waals surface area contributed by atoms with Crippen LogP contribution in [0.2, 0.25) is 0 Å². The maximum atomic E-state index is 14.5. The van der Waals surface area contributed by atoms with E-state index in [0.29, 0.717) is 16.9 Å². The van der Waals surface area contributed by atoms with Gasteiger partial charge in [-0.25, -0.2) is 0 Å². The van der Waals surface area contributed by atoms with Crippen molar-refractivity contribution in [1.29, 1.82) is 10.5 Å². The Morgan fingerprint density at radius 3 is 1.52 bits per heavy atom. The minimum Gasteiger partial charge on any atom is -0.308 e. The summed E-state index contributed by atoms with van der Waals surface area (Å²) in [4.78, 5) is 0. The van der Waals surface area contributed by atoms with Crippen LogP contribution in [0.5, 0.6) is 0 Å². The summed E-state index contributed by atoms with van der Waals surface area (Å²) in [5, 5.41) is 25.3. The molecule has 4 nitrogen and oxygen atoms in total. The van der Waals surface area contributed by atoms with Crippen molar-refractivity contribution in [2.75, 3.05) is 0 Å². The Bertz CT molecular complexity index is 3480. The van der Waals surface area contributed by atoms with Gasteiger partial charge in [-0.1, -0.05) is 103 Å². The topological polar surface area (TPSA) is 57.4 Å². The van der Waals surface area contributed by atoms with Crippen LogP contribution in [0.15, 0.2) is 164 Å². The quantitative estimate of drug-likeness (QED) is 0.175. The van der Waals surface area contributed by atoms with Crippen LogP contribution in [0.1, 0.15) is 27.8 Å². The second-order valence-electron chi connectivity index (χ2n) is 15.2. The third-order valence-corrected chi connectivity index (χ3v) is 11.7. The number of nitriles is 2. The molecule has 2 aromatic heterocycles. The first-order valence-electron chi connectivity index (χ1n) is 19.5. The molecule has 0 spiro atoms. The number of nitrogens with zero attached hydrogens (tertiary/aromatic N) is 4. The van der Waals surface area contributed by atoms with E-state index in [9.17, 15) is 23.7 Å². The Kier molecular flexibility index (Phi) is 8.45. The van der Waals surface area contributed by atoms with Crippen LogP contribution in [0, 0.1) is 36.5 Å². The number of halogens is 3. The van der Waals surface area contributed by atoms with E-state index in [1.165, 1.54) is 6.07 Å². The first-order valence-corrected chi connectivity index (χ1v) is 19.5. The summed E-state index contributed by atoms with van der Waals surface area (Å²) in [5.74, 6) is 0. The Hall–Kier alpha value is -7.87. The van der Waals surface area contributed by atoms with Crippen molar-refractivity contribution in [3.63, 3.8) is 0 Å². The zero-order valence-corrected chi connectivity index (χ0v) is 32.5. The lowest BCUT2D eigenvalue weighted by atomic mass is 9.95. The van der Waals surface area contributed by atoms with Crippen LogP contribution in [0.4, 0.5) is 13.2 Å². The predicted molar refractivity (Wildman–Crippen MR) is 235 cm³/mol. The Morgan fingerprint density at radius 2 is 0.967 bits per heavy atom. The lowest BCUT2D eigenvalue weighted by molar-refractivity contribution is -0.137. The predicted octanol–water partition coefficient (Wildman–Crippen LogP) is 14.3. The van der Waals surface area contributed by atoms with E-state index < -0.39 is 11.7 Å². The summed E-state index contributed by atoms with van der Waals surface area (Å²) in [7, 11) is 0. The maximum absolute atomic E-state index is 14.5. The summed E-state index contributed by atoms with van der Waals surface area (Å²) < 4.78 is 47.5. The number of fused-ring (bicyclic) bond motifs is 6. The summed E-state index contributed by atoms with van der Waals surface area (Å²) in [6.45, 7) is 4.16. The van der Waals surface area contributed by atoms with Crippen molar-refractivity contribution in [2.24, 2.45) is 0 Å². The molecule has 60 heavy (non-hydrogen) atoms. The lowest BCUT2D eigenvalue weighted by Crippen LogP contribution is -2.08. The van der Waals surface area contributed by atoms with Crippen LogP contribution in [-0.2, 0) is 6.18 Å². The van der Waals surface area contributed by atoms with E-state index in [2.05, 4.69) is 79.1 Å². The molecular formula is C53H33F3N4. The van der Waals surface area contributed by atoms with Gasteiger partial charge in [0.1, 0.15) is 11.6 Å². The van der Waals surface area contributed by atoms with Gasteiger partial charge < -0.3 is 9.13 Å². The molecule has 0 amide bonds. The highest BCUT2D eigenvalue weighted by Gasteiger charge is 2.32. The summed E-state index contributed by atoms with van der Waals surface area (Å²) in [6, 6.07) is 56.4. The fourth-order valence-corrected chi connectivity index (χ4v) is 8.93. The van der Waals surface area contributed by atoms with Gasteiger partial charge in [0.05, 0.1) is 50.6 Å². The van der Waals surface area contributed by atoms with E-state index >= 15 is 0 Å². The number of hydrogen-bond acceptors (Lipinski definition) is 2. The minimum atomic E-state index is -4.71. The molecule has 10 rings (SSSR count). The first-order chi connectivity index (χ1) is 29.1. The molecule has 10 aromatic rings. The average molecular weight is 783 g/mol. The minimum absolute atomic E-state index is 0.134. The van der Waals surface area contributed by atoms with Crippen molar-refractivity contribution < 1.29 is 13.2 Å². The van der Waals surface area contributed by atoms with E-state index in [-0.39, 0.29) is 16.7 Å². The number of alkyl halides is 3. The van der Waals surface area contributed by atoms with Gasteiger partial charge in [0.2, 0.25) is 0 Å². The van der Waals surface area contributed by atoms with E-state index in [1.54, 1.807) is 6.07 Å². The Morgan fingerprint density at radius 1 is 0.450 bits per heavy atom. The Labute approximate surface area is 343 Å². The van der Waals surface area contributed by atoms with Crippen LogP contribution in [-0.4, -0.2) is 9.13 Å². The molecule has 0 saturated heterocycles. The Balaban J connectivity index is 1.33. The fourth-order valence-electron chi connectivity index (χ4n) is 8.93. The first kappa shape index (κ1) is 36.5. The monoisotopic (exact) mass is 782 g/mol. The van der Waals surface area contributed by atoms with Crippen molar-refractivity contribution in [1.82, 2.24) is 9.13 Å². The molecule has 0 atom stereocenters. The number of para-hydroxylation sites is 2. The number of hydrogen-bond donors (Lipinski definition) is 0. The van der Waals surface area contributed by atoms with Gasteiger partial charge in [-0.15, -0.1) is 0 Å². The molecule has 0 aliphatic carbocycles. The molecule has 2 heterocycles. The van der Waals surface area contributed by atoms with Crippen LogP contribution in [0.25, 0.3) is 88.4 Å². The molecule has 0 aliphatic heterocycles. The zero-order chi connectivity index (χ0) is 41.3. The molecule has 0 N–H and O–H groups in total. The molecule has 0 radical (unpaired) electrons. The molecule has 0 saturated carbocycles. The van der Waals surface area contributed by atoms with Gasteiger partial charge in [0, 0.05) is 27.1 Å². The van der Waals surface area contributed by atoms with Gasteiger partial charge in [0.25, 0.3) is 0 Å². The molecule has 0 unspecified atom stereocenters. The smallest absolute Gasteiger partial charge is 0.308 e. The molecule has 0 fully saturated rings. The van der Waals surface area contributed by atoms with Gasteiger partial charge in [0.15, 0.2) is 0 Å². The largest absolute Gasteiger partial charge is 0.416 e. The van der Waals surface area contributed by atoms with Crippen molar-refractivity contribution >= 4 is 43.6 Å².